The topological polar surface area (TPSA) is 81.6 Å². The van der Waals surface area contributed by atoms with Gasteiger partial charge in [0.2, 0.25) is 0 Å². The Morgan fingerprint density at radius 3 is 2.57 bits per heavy atom. The number of hydrogen-bond donors (Lipinski definition) is 2. The van der Waals surface area contributed by atoms with E-state index in [0.29, 0.717) is 17.9 Å². The highest BCUT2D eigenvalue weighted by Gasteiger charge is 2.37. The Labute approximate surface area is 201 Å². The molecule has 0 radical (unpaired) electrons. The number of anilines is 1. The minimum absolute atomic E-state index is 0.0644. The van der Waals surface area contributed by atoms with Crippen LogP contribution in [0.15, 0.2) is 35.5 Å². The Hall–Kier alpha value is -2.92. The number of halogens is 3. The SMILES string of the molecule is CNC(C)c1ccc(N2CCC(N3CCC(c4cn5ncc(C(F)(F)F)c5c(=O)[nH]4)C3)CC2)cn1. The van der Waals surface area contributed by atoms with E-state index in [1.54, 1.807) is 0 Å². The van der Waals surface area contributed by atoms with Crippen LogP contribution in [0.3, 0.4) is 0 Å². The average Bonchev–Trinajstić information content (AvgIpc) is 3.52. The minimum Gasteiger partial charge on any atom is -0.370 e. The lowest BCUT2D eigenvalue weighted by Gasteiger charge is -2.37. The Kier molecular flexibility index (Phi) is 6.30. The Morgan fingerprint density at radius 2 is 1.91 bits per heavy atom. The van der Waals surface area contributed by atoms with Gasteiger partial charge in [-0.2, -0.15) is 18.3 Å². The molecule has 188 valence electrons. The molecule has 5 heterocycles. The first kappa shape index (κ1) is 23.8. The summed E-state index contributed by atoms with van der Waals surface area (Å²) in [7, 11) is 1.92. The largest absolute Gasteiger partial charge is 0.420 e. The van der Waals surface area contributed by atoms with Gasteiger partial charge in [-0.1, -0.05) is 0 Å². The summed E-state index contributed by atoms with van der Waals surface area (Å²) < 4.78 is 40.6. The molecule has 0 spiro atoms. The molecule has 2 aliphatic rings. The van der Waals surface area contributed by atoms with E-state index < -0.39 is 22.8 Å². The first-order chi connectivity index (χ1) is 16.7. The van der Waals surface area contributed by atoms with Crippen LogP contribution in [0.25, 0.3) is 5.52 Å². The van der Waals surface area contributed by atoms with Gasteiger partial charge in [-0.25, -0.2) is 4.52 Å². The van der Waals surface area contributed by atoms with Crippen LogP contribution < -0.4 is 15.8 Å². The van der Waals surface area contributed by atoms with E-state index in [0.717, 1.165) is 61.3 Å². The quantitative estimate of drug-likeness (QED) is 0.573. The molecule has 2 N–H and O–H groups in total. The van der Waals surface area contributed by atoms with E-state index in [-0.39, 0.29) is 12.0 Å². The van der Waals surface area contributed by atoms with Crippen molar-refractivity contribution in [2.45, 2.75) is 50.4 Å². The second kappa shape index (κ2) is 9.27. The van der Waals surface area contributed by atoms with Crippen molar-refractivity contribution in [3.63, 3.8) is 0 Å². The van der Waals surface area contributed by atoms with Gasteiger partial charge in [-0.05, 0) is 51.9 Å². The summed E-state index contributed by atoms with van der Waals surface area (Å²) in [6.07, 6.45) is 2.50. The number of aromatic nitrogens is 4. The molecule has 3 aromatic heterocycles. The lowest BCUT2D eigenvalue weighted by atomic mass is 10.0. The zero-order valence-electron chi connectivity index (χ0n) is 19.8. The monoisotopic (exact) mass is 489 g/mol. The molecule has 3 aromatic rings. The van der Waals surface area contributed by atoms with Crippen LogP contribution in [-0.4, -0.2) is 63.8 Å². The zero-order valence-corrected chi connectivity index (χ0v) is 19.8. The highest BCUT2D eigenvalue weighted by molar-refractivity contribution is 5.53. The lowest BCUT2D eigenvalue weighted by molar-refractivity contribution is -0.136. The van der Waals surface area contributed by atoms with Gasteiger partial charge in [0.25, 0.3) is 5.56 Å². The van der Waals surface area contributed by atoms with E-state index in [4.69, 9.17) is 0 Å². The number of likely N-dealkylation sites (tertiary alicyclic amines) is 1. The number of piperidine rings is 1. The Morgan fingerprint density at radius 1 is 1.14 bits per heavy atom. The number of pyridine rings is 1. The Balaban J connectivity index is 1.21. The fourth-order valence-electron chi connectivity index (χ4n) is 5.31. The van der Waals surface area contributed by atoms with Gasteiger partial charge in [-0.3, -0.25) is 14.7 Å². The third kappa shape index (κ3) is 4.66. The summed E-state index contributed by atoms with van der Waals surface area (Å²) in [4.78, 5) is 24.6. The number of alkyl halides is 3. The second-order valence-electron chi connectivity index (χ2n) is 9.54. The van der Waals surface area contributed by atoms with Crippen molar-refractivity contribution in [3.05, 3.63) is 58.0 Å². The number of aromatic amines is 1. The molecule has 2 unspecified atom stereocenters. The highest BCUT2D eigenvalue weighted by Crippen LogP contribution is 2.33. The molecule has 0 saturated carbocycles. The van der Waals surface area contributed by atoms with E-state index in [1.807, 2.05) is 13.2 Å². The summed E-state index contributed by atoms with van der Waals surface area (Å²) in [6.45, 7) is 5.66. The van der Waals surface area contributed by atoms with Crippen LogP contribution in [0.4, 0.5) is 18.9 Å². The van der Waals surface area contributed by atoms with E-state index in [1.165, 1.54) is 6.20 Å². The highest BCUT2D eigenvalue weighted by atomic mass is 19.4. The third-order valence-electron chi connectivity index (χ3n) is 7.49. The van der Waals surface area contributed by atoms with Crippen molar-refractivity contribution >= 4 is 11.2 Å². The van der Waals surface area contributed by atoms with Crippen LogP contribution >= 0.6 is 0 Å². The van der Waals surface area contributed by atoms with Crippen LogP contribution in [0.2, 0.25) is 0 Å². The molecule has 0 amide bonds. The molecule has 35 heavy (non-hydrogen) atoms. The van der Waals surface area contributed by atoms with E-state index in [2.05, 4.69) is 49.2 Å². The minimum atomic E-state index is -4.61. The van der Waals surface area contributed by atoms with Crippen molar-refractivity contribution in [1.29, 1.82) is 0 Å². The molecule has 11 heteroatoms. The molecule has 2 atom stereocenters. The maximum atomic E-state index is 13.2. The number of fused-ring (bicyclic) bond motifs is 1. The van der Waals surface area contributed by atoms with Gasteiger partial charge in [0.05, 0.1) is 23.8 Å². The van der Waals surface area contributed by atoms with Crippen LogP contribution in [0.5, 0.6) is 0 Å². The van der Waals surface area contributed by atoms with Crippen LogP contribution in [0, 0.1) is 0 Å². The number of nitrogens with zero attached hydrogens (tertiary/aromatic N) is 5. The van der Waals surface area contributed by atoms with Crippen molar-refractivity contribution in [1.82, 2.24) is 29.8 Å². The molecule has 5 rings (SSSR count). The fraction of sp³-hybridized carbons (Fsp3) is 0.542. The van der Waals surface area contributed by atoms with Gasteiger partial charge in [0.1, 0.15) is 11.1 Å². The van der Waals surface area contributed by atoms with Gasteiger partial charge >= 0.3 is 6.18 Å². The summed E-state index contributed by atoms with van der Waals surface area (Å²) in [5, 5.41) is 6.99. The number of nitrogens with one attached hydrogen (secondary N) is 2. The van der Waals surface area contributed by atoms with Gasteiger partial charge in [-0.15, -0.1) is 0 Å². The number of hydrogen-bond acceptors (Lipinski definition) is 6. The number of H-pyrrole nitrogens is 1. The molecule has 0 aliphatic carbocycles. The average molecular weight is 490 g/mol. The van der Waals surface area contributed by atoms with Gasteiger partial charge in [0, 0.05) is 49.5 Å². The number of rotatable bonds is 5. The second-order valence-corrected chi connectivity index (χ2v) is 9.54. The first-order valence-electron chi connectivity index (χ1n) is 12.0. The summed E-state index contributed by atoms with van der Waals surface area (Å²) in [5.74, 6) is 0.0644. The smallest absolute Gasteiger partial charge is 0.370 e. The maximum absolute atomic E-state index is 13.2. The zero-order chi connectivity index (χ0) is 24.7. The summed E-state index contributed by atoms with van der Waals surface area (Å²) in [5.41, 5.74) is 0.593. The predicted octanol–water partition coefficient (Wildman–Crippen LogP) is 3.18. The molecule has 0 bridgehead atoms. The van der Waals surface area contributed by atoms with Crippen molar-refractivity contribution in [3.8, 4) is 0 Å². The standard InChI is InChI=1S/C24H30F3N7O/c1-15(28-2)20-4-3-18(11-29-20)32-9-6-17(7-10-32)33-8-5-16(13-33)21-14-34-22(23(35)31-21)19(12-30-34)24(25,26)27/h3-4,11-12,14-17,28H,5-10,13H2,1-2H3,(H,31,35). The van der Waals surface area contributed by atoms with E-state index in [9.17, 15) is 18.0 Å². The van der Waals surface area contributed by atoms with Crippen LogP contribution in [0.1, 0.15) is 55.1 Å². The molecule has 2 aliphatic heterocycles. The van der Waals surface area contributed by atoms with Crippen molar-refractivity contribution < 1.29 is 13.2 Å². The lowest BCUT2D eigenvalue weighted by Crippen LogP contribution is -2.44. The summed E-state index contributed by atoms with van der Waals surface area (Å²) >= 11 is 0. The third-order valence-corrected chi connectivity index (χ3v) is 7.49. The molecule has 2 fully saturated rings. The van der Waals surface area contributed by atoms with Gasteiger partial charge < -0.3 is 15.2 Å². The summed E-state index contributed by atoms with van der Waals surface area (Å²) in [6, 6.07) is 4.87. The fourth-order valence-corrected chi connectivity index (χ4v) is 5.31. The van der Waals surface area contributed by atoms with Crippen molar-refractivity contribution in [2.75, 3.05) is 38.1 Å². The molecule has 0 aromatic carbocycles. The van der Waals surface area contributed by atoms with Crippen molar-refractivity contribution in [2.24, 2.45) is 0 Å². The van der Waals surface area contributed by atoms with Crippen LogP contribution in [-0.2, 0) is 6.18 Å². The predicted molar refractivity (Wildman–Crippen MR) is 127 cm³/mol. The molecular formula is C24H30F3N7O. The maximum Gasteiger partial charge on any atom is 0.420 e. The Bertz CT molecular complexity index is 1230. The molecule has 8 nitrogen and oxygen atoms in total. The molecule has 2 saturated heterocycles. The van der Waals surface area contributed by atoms with E-state index >= 15 is 0 Å². The normalized spacial score (nSPS) is 21.2. The first-order valence-corrected chi connectivity index (χ1v) is 12.0. The molecular weight excluding hydrogens is 459 g/mol. The van der Waals surface area contributed by atoms with Gasteiger partial charge in [0.15, 0.2) is 0 Å².